The van der Waals surface area contributed by atoms with Crippen molar-refractivity contribution < 1.29 is 0 Å². The Morgan fingerprint density at radius 2 is 2.27 bits per heavy atom. The average Bonchev–Trinajstić information content (AvgIpc) is 2.26. The van der Waals surface area contributed by atoms with Crippen molar-refractivity contribution >= 4 is 0 Å². The molecule has 1 heterocycles. The van der Waals surface area contributed by atoms with Gasteiger partial charge >= 0.3 is 0 Å². The predicted octanol–water partition coefficient (Wildman–Crippen LogP) is 2.17. The van der Waals surface area contributed by atoms with Gasteiger partial charge in [0.05, 0.1) is 6.07 Å². The molecule has 0 fully saturated rings. The van der Waals surface area contributed by atoms with Crippen LogP contribution in [0.3, 0.4) is 0 Å². The minimum atomic E-state index is 0.660. The fourth-order valence-corrected chi connectivity index (χ4v) is 1.29. The van der Waals surface area contributed by atoms with Crippen molar-refractivity contribution in [3.05, 3.63) is 29.6 Å². The number of pyridine rings is 1. The zero-order valence-corrected chi connectivity index (χ0v) is 9.16. The van der Waals surface area contributed by atoms with Gasteiger partial charge in [0.15, 0.2) is 0 Å². The Morgan fingerprint density at radius 1 is 1.40 bits per heavy atom. The largest absolute Gasteiger partial charge is 0.313 e. The standard InChI is InChI=1S/C12H17N3/c1-11-5-6-12(10-15-11)9-14-8-4-2-3-7-13/h5-6,10,14H,2-4,8-9H2,1H3. The fraction of sp³-hybridized carbons (Fsp3) is 0.500. The lowest BCUT2D eigenvalue weighted by molar-refractivity contribution is 0.627. The molecule has 0 aliphatic carbocycles. The summed E-state index contributed by atoms with van der Waals surface area (Å²) in [5.41, 5.74) is 2.26. The maximum atomic E-state index is 8.35. The summed E-state index contributed by atoms with van der Waals surface area (Å²) in [6, 6.07) is 6.25. The second-order valence-electron chi connectivity index (χ2n) is 3.60. The molecular formula is C12H17N3. The van der Waals surface area contributed by atoms with Gasteiger partial charge in [0, 0.05) is 24.9 Å². The van der Waals surface area contributed by atoms with Gasteiger partial charge in [-0.2, -0.15) is 5.26 Å². The van der Waals surface area contributed by atoms with Gasteiger partial charge in [-0.05, 0) is 37.9 Å². The summed E-state index contributed by atoms with van der Waals surface area (Å²) in [6.07, 6.45) is 4.61. The molecule has 1 N–H and O–H groups in total. The van der Waals surface area contributed by atoms with E-state index in [1.807, 2.05) is 19.2 Å². The highest BCUT2D eigenvalue weighted by Gasteiger charge is 1.93. The Balaban J connectivity index is 2.10. The highest BCUT2D eigenvalue weighted by atomic mass is 14.8. The molecule has 0 saturated carbocycles. The zero-order valence-electron chi connectivity index (χ0n) is 9.16. The number of nitrogens with zero attached hydrogens (tertiary/aromatic N) is 2. The molecule has 0 aliphatic heterocycles. The molecule has 0 atom stereocenters. The molecule has 0 aliphatic rings. The first-order valence-corrected chi connectivity index (χ1v) is 5.32. The first kappa shape index (κ1) is 11.7. The second kappa shape index (κ2) is 6.97. The molecule has 0 aromatic carbocycles. The first-order valence-electron chi connectivity index (χ1n) is 5.32. The number of unbranched alkanes of at least 4 members (excludes halogenated alkanes) is 2. The number of hydrogen-bond donors (Lipinski definition) is 1. The van der Waals surface area contributed by atoms with Crippen LogP contribution in [0.5, 0.6) is 0 Å². The number of rotatable bonds is 6. The number of hydrogen-bond acceptors (Lipinski definition) is 3. The van der Waals surface area contributed by atoms with E-state index in [0.717, 1.165) is 31.6 Å². The lowest BCUT2D eigenvalue weighted by Crippen LogP contribution is -2.14. The average molecular weight is 203 g/mol. The summed E-state index contributed by atoms with van der Waals surface area (Å²) in [5.74, 6) is 0. The van der Waals surface area contributed by atoms with Gasteiger partial charge in [0.25, 0.3) is 0 Å². The Morgan fingerprint density at radius 3 is 2.93 bits per heavy atom. The van der Waals surface area contributed by atoms with E-state index in [0.29, 0.717) is 6.42 Å². The van der Waals surface area contributed by atoms with E-state index in [4.69, 9.17) is 5.26 Å². The molecule has 1 aromatic heterocycles. The third-order valence-corrected chi connectivity index (χ3v) is 2.19. The van der Waals surface area contributed by atoms with Crippen molar-refractivity contribution in [3.63, 3.8) is 0 Å². The van der Waals surface area contributed by atoms with E-state index < -0.39 is 0 Å². The summed E-state index contributed by atoms with van der Waals surface area (Å²) in [5, 5.41) is 11.7. The Kier molecular flexibility index (Phi) is 5.42. The van der Waals surface area contributed by atoms with Crippen molar-refractivity contribution in [2.24, 2.45) is 0 Å². The van der Waals surface area contributed by atoms with Crippen LogP contribution in [0.4, 0.5) is 0 Å². The molecule has 0 unspecified atom stereocenters. The minimum absolute atomic E-state index is 0.660. The number of aromatic nitrogens is 1. The third kappa shape index (κ3) is 5.14. The number of aryl methyl sites for hydroxylation is 1. The summed E-state index contributed by atoms with van der Waals surface area (Å²) in [4.78, 5) is 4.22. The lowest BCUT2D eigenvalue weighted by atomic mass is 10.2. The summed E-state index contributed by atoms with van der Waals surface area (Å²) in [7, 11) is 0. The van der Waals surface area contributed by atoms with E-state index in [2.05, 4.69) is 22.4 Å². The SMILES string of the molecule is Cc1ccc(CNCCCCC#N)cn1. The van der Waals surface area contributed by atoms with Crippen LogP contribution < -0.4 is 5.32 Å². The maximum Gasteiger partial charge on any atom is 0.0621 e. The fourth-order valence-electron chi connectivity index (χ4n) is 1.29. The van der Waals surface area contributed by atoms with E-state index >= 15 is 0 Å². The number of nitriles is 1. The Bertz CT molecular complexity index is 311. The van der Waals surface area contributed by atoms with Crippen LogP contribution in [0.2, 0.25) is 0 Å². The van der Waals surface area contributed by atoms with Crippen LogP contribution in [-0.4, -0.2) is 11.5 Å². The molecule has 0 bridgehead atoms. The Hall–Kier alpha value is -1.40. The molecule has 1 rings (SSSR count). The zero-order chi connectivity index (χ0) is 10.9. The smallest absolute Gasteiger partial charge is 0.0621 e. The number of nitrogens with one attached hydrogen (secondary N) is 1. The van der Waals surface area contributed by atoms with E-state index in [-0.39, 0.29) is 0 Å². The van der Waals surface area contributed by atoms with E-state index in [1.54, 1.807) is 0 Å². The van der Waals surface area contributed by atoms with Crippen LogP contribution in [0.1, 0.15) is 30.5 Å². The van der Waals surface area contributed by atoms with Gasteiger partial charge in [-0.25, -0.2) is 0 Å². The van der Waals surface area contributed by atoms with Crippen molar-refractivity contribution in [2.45, 2.75) is 32.7 Å². The molecule has 0 amide bonds. The topological polar surface area (TPSA) is 48.7 Å². The van der Waals surface area contributed by atoms with Gasteiger partial charge in [-0.3, -0.25) is 4.98 Å². The summed E-state index contributed by atoms with van der Waals surface area (Å²) in [6.45, 7) is 3.81. The highest BCUT2D eigenvalue weighted by molar-refractivity contribution is 5.12. The van der Waals surface area contributed by atoms with Gasteiger partial charge in [0.2, 0.25) is 0 Å². The molecule has 0 radical (unpaired) electrons. The third-order valence-electron chi connectivity index (χ3n) is 2.19. The van der Waals surface area contributed by atoms with E-state index in [9.17, 15) is 0 Å². The summed E-state index contributed by atoms with van der Waals surface area (Å²) >= 11 is 0. The van der Waals surface area contributed by atoms with Crippen LogP contribution in [-0.2, 0) is 6.54 Å². The van der Waals surface area contributed by atoms with Crippen molar-refractivity contribution in [1.82, 2.24) is 10.3 Å². The van der Waals surface area contributed by atoms with Gasteiger partial charge in [-0.1, -0.05) is 6.07 Å². The lowest BCUT2D eigenvalue weighted by Gasteiger charge is -2.03. The highest BCUT2D eigenvalue weighted by Crippen LogP contribution is 1.99. The second-order valence-corrected chi connectivity index (χ2v) is 3.60. The maximum absolute atomic E-state index is 8.35. The van der Waals surface area contributed by atoms with Crippen LogP contribution in [0.25, 0.3) is 0 Å². The predicted molar refractivity (Wildman–Crippen MR) is 60.1 cm³/mol. The molecule has 3 nitrogen and oxygen atoms in total. The molecular weight excluding hydrogens is 186 g/mol. The van der Waals surface area contributed by atoms with Crippen LogP contribution >= 0.6 is 0 Å². The van der Waals surface area contributed by atoms with E-state index in [1.165, 1.54) is 5.56 Å². The van der Waals surface area contributed by atoms with Gasteiger partial charge in [0.1, 0.15) is 0 Å². The molecule has 1 aromatic rings. The monoisotopic (exact) mass is 203 g/mol. The van der Waals surface area contributed by atoms with Crippen molar-refractivity contribution in [2.75, 3.05) is 6.54 Å². The first-order chi connectivity index (χ1) is 7.33. The van der Waals surface area contributed by atoms with Crippen molar-refractivity contribution in [1.29, 1.82) is 5.26 Å². The molecule has 0 spiro atoms. The van der Waals surface area contributed by atoms with Gasteiger partial charge < -0.3 is 5.32 Å². The van der Waals surface area contributed by atoms with Gasteiger partial charge in [-0.15, -0.1) is 0 Å². The molecule has 3 heteroatoms. The molecule has 80 valence electrons. The normalized spacial score (nSPS) is 9.87. The van der Waals surface area contributed by atoms with Crippen LogP contribution in [0.15, 0.2) is 18.3 Å². The molecule has 0 saturated heterocycles. The quantitative estimate of drug-likeness (QED) is 0.721. The molecule has 15 heavy (non-hydrogen) atoms. The minimum Gasteiger partial charge on any atom is -0.313 e. The Labute approximate surface area is 91.1 Å². The van der Waals surface area contributed by atoms with Crippen LogP contribution in [0, 0.1) is 18.3 Å². The summed E-state index contributed by atoms with van der Waals surface area (Å²) < 4.78 is 0. The van der Waals surface area contributed by atoms with Crippen molar-refractivity contribution in [3.8, 4) is 6.07 Å².